The molecule has 0 fully saturated rings. The van der Waals surface area contributed by atoms with E-state index in [4.69, 9.17) is 0 Å². The Kier molecular flexibility index (Phi) is 6.52. The van der Waals surface area contributed by atoms with Crippen molar-refractivity contribution >= 4 is 11.8 Å². The van der Waals surface area contributed by atoms with Crippen LogP contribution in [0.1, 0.15) is 25.3 Å². The first-order chi connectivity index (χ1) is 7.36. The molecular formula is C11H21N3S. The lowest BCUT2D eigenvalue weighted by Gasteiger charge is -2.00. The van der Waals surface area contributed by atoms with Crippen LogP contribution in [0.4, 0.5) is 0 Å². The highest BCUT2D eigenvalue weighted by molar-refractivity contribution is 7.98. The third-order valence-electron chi connectivity index (χ3n) is 2.18. The molecule has 0 saturated carbocycles. The number of aryl methyl sites for hydroxylation is 1. The number of nitrogens with one attached hydrogen (secondary N) is 1. The molecule has 1 aromatic heterocycles. The largest absolute Gasteiger partial charge is 0.313 e. The van der Waals surface area contributed by atoms with Crippen molar-refractivity contribution in [3.63, 3.8) is 0 Å². The molecule has 0 saturated heterocycles. The molecule has 0 aliphatic rings. The third kappa shape index (κ3) is 5.23. The molecule has 0 aromatic carbocycles. The second kappa shape index (κ2) is 7.77. The van der Waals surface area contributed by atoms with Crippen LogP contribution in [0.3, 0.4) is 0 Å². The van der Waals surface area contributed by atoms with E-state index >= 15 is 0 Å². The molecule has 0 amide bonds. The Balaban J connectivity index is 2.23. The normalized spacial score (nSPS) is 10.8. The number of aromatic nitrogens is 2. The fourth-order valence-electron chi connectivity index (χ4n) is 1.40. The Labute approximate surface area is 96.6 Å². The molecule has 0 radical (unpaired) electrons. The van der Waals surface area contributed by atoms with E-state index in [0.29, 0.717) is 0 Å². The maximum absolute atomic E-state index is 4.33. The Morgan fingerprint density at radius 1 is 1.53 bits per heavy atom. The Morgan fingerprint density at radius 3 is 3.13 bits per heavy atom. The maximum atomic E-state index is 4.33. The van der Waals surface area contributed by atoms with Gasteiger partial charge in [0.25, 0.3) is 0 Å². The van der Waals surface area contributed by atoms with Gasteiger partial charge in [-0.1, -0.05) is 6.92 Å². The first-order valence-corrected chi connectivity index (χ1v) is 6.97. The Hall–Kier alpha value is -0.480. The molecule has 0 atom stereocenters. The van der Waals surface area contributed by atoms with Gasteiger partial charge in [0.15, 0.2) is 0 Å². The van der Waals surface area contributed by atoms with Gasteiger partial charge in [-0.25, -0.2) is 0 Å². The standard InChI is InChI=1S/C11H21N3S/c1-3-5-12-8-11-9-13-14(10-11)6-4-7-15-2/h9-10,12H,3-8H2,1-2H3. The van der Waals surface area contributed by atoms with Gasteiger partial charge in [0.2, 0.25) is 0 Å². The molecule has 0 unspecified atom stereocenters. The number of hydrogen-bond acceptors (Lipinski definition) is 3. The number of thioether (sulfide) groups is 1. The van der Waals surface area contributed by atoms with Crippen molar-refractivity contribution in [3.8, 4) is 0 Å². The minimum Gasteiger partial charge on any atom is -0.313 e. The molecule has 3 nitrogen and oxygen atoms in total. The van der Waals surface area contributed by atoms with Gasteiger partial charge in [-0.2, -0.15) is 16.9 Å². The highest BCUT2D eigenvalue weighted by Crippen LogP contribution is 2.01. The molecule has 86 valence electrons. The molecule has 0 aliphatic carbocycles. The summed E-state index contributed by atoms with van der Waals surface area (Å²) in [6.45, 7) is 5.24. The summed E-state index contributed by atoms with van der Waals surface area (Å²) in [6.07, 6.45) is 8.63. The van der Waals surface area contributed by atoms with Crippen molar-refractivity contribution in [1.29, 1.82) is 0 Å². The summed E-state index contributed by atoms with van der Waals surface area (Å²) in [4.78, 5) is 0. The second-order valence-electron chi connectivity index (χ2n) is 3.63. The van der Waals surface area contributed by atoms with E-state index in [1.54, 1.807) is 0 Å². The lowest BCUT2D eigenvalue weighted by atomic mass is 10.3. The number of nitrogens with zero attached hydrogens (tertiary/aromatic N) is 2. The summed E-state index contributed by atoms with van der Waals surface area (Å²) in [7, 11) is 0. The summed E-state index contributed by atoms with van der Waals surface area (Å²) in [5.74, 6) is 1.21. The van der Waals surface area contributed by atoms with E-state index in [1.807, 2.05) is 22.6 Å². The van der Waals surface area contributed by atoms with Gasteiger partial charge in [0.05, 0.1) is 6.20 Å². The van der Waals surface area contributed by atoms with Gasteiger partial charge in [-0.05, 0) is 31.4 Å². The van der Waals surface area contributed by atoms with Crippen LogP contribution in [0.25, 0.3) is 0 Å². The van der Waals surface area contributed by atoms with Crippen LogP contribution in [-0.2, 0) is 13.1 Å². The van der Waals surface area contributed by atoms with Crippen LogP contribution in [0.15, 0.2) is 12.4 Å². The zero-order valence-electron chi connectivity index (χ0n) is 9.70. The first-order valence-electron chi connectivity index (χ1n) is 5.57. The average Bonchev–Trinajstić information content (AvgIpc) is 2.67. The van der Waals surface area contributed by atoms with Crippen molar-refractivity contribution in [2.75, 3.05) is 18.6 Å². The lowest BCUT2D eigenvalue weighted by molar-refractivity contribution is 0.604. The van der Waals surface area contributed by atoms with E-state index in [2.05, 4.69) is 29.8 Å². The highest BCUT2D eigenvalue weighted by Gasteiger charge is 1.97. The fourth-order valence-corrected chi connectivity index (χ4v) is 1.82. The summed E-state index contributed by atoms with van der Waals surface area (Å²) in [5, 5.41) is 7.71. The number of hydrogen-bond donors (Lipinski definition) is 1. The molecule has 1 heterocycles. The Morgan fingerprint density at radius 2 is 2.40 bits per heavy atom. The minimum absolute atomic E-state index is 0.941. The van der Waals surface area contributed by atoms with Crippen LogP contribution in [0.2, 0.25) is 0 Å². The lowest BCUT2D eigenvalue weighted by Crippen LogP contribution is -2.13. The van der Waals surface area contributed by atoms with E-state index < -0.39 is 0 Å². The third-order valence-corrected chi connectivity index (χ3v) is 2.88. The quantitative estimate of drug-likeness (QED) is 0.690. The SMILES string of the molecule is CCCNCc1cnn(CCCSC)c1. The monoisotopic (exact) mass is 227 g/mol. The van der Waals surface area contributed by atoms with E-state index in [1.165, 1.54) is 24.2 Å². The zero-order chi connectivity index (χ0) is 10.9. The predicted molar refractivity (Wildman–Crippen MR) is 67.2 cm³/mol. The molecule has 0 spiro atoms. The predicted octanol–water partition coefficient (Wildman–Crippen LogP) is 2.14. The molecular weight excluding hydrogens is 206 g/mol. The number of rotatable bonds is 8. The molecule has 1 N–H and O–H groups in total. The van der Waals surface area contributed by atoms with Crippen molar-refractivity contribution in [3.05, 3.63) is 18.0 Å². The van der Waals surface area contributed by atoms with E-state index in [-0.39, 0.29) is 0 Å². The smallest absolute Gasteiger partial charge is 0.0534 e. The first kappa shape index (κ1) is 12.6. The van der Waals surface area contributed by atoms with Crippen LogP contribution < -0.4 is 5.32 Å². The van der Waals surface area contributed by atoms with Gasteiger partial charge >= 0.3 is 0 Å². The summed E-state index contributed by atoms with van der Waals surface area (Å²) in [5.41, 5.74) is 1.28. The van der Waals surface area contributed by atoms with Crippen LogP contribution in [-0.4, -0.2) is 28.3 Å². The summed E-state index contributed by atoms with van der Waals surface area (Å²) >= 11 is 1.89. The Bertz CT molecular complexity index is 236. The van der Waals surface area contributed by atoms with Gasteiger partial charge in [-0.15, -0.1) is 0 Å². The van der Waals surface area contributed by atoms with Gasteiger partial charge in [0, 0.05) is 24.8 Å². The van der Waals surface area contributed by atoms with Crippen LogP contribution in [0, 0.1) is 0 Å². The zero-order valence-corrected chi connectivity index (χ0v) is 10.5. The second-order valence-corrected chi connectivity index (χ2v) is 4.62. The molecule has 15 heavy (non-hydrogen) atoms. The summed E-state index contributed by atoms with van der Waals surface area (Å²) < 4.78 is 2.04. The van der Waals surface area contributed by atoms with Crippen molar-refractivity contribution in [1.82, 2.24) is 15.1 Å². The van der Waals surface area contributed by atoms with Crippen LogP contribution in [0.5, 0.6) is 0 Å². The van der Waals surface area contributed by atoms with Gasteiger partial charge in [0.1, 0.15) is 0 Å². The minimum atomic E-state index is 0.941. The topological polar surface area (TPSA) is 29.9 Å². The molecule has 0 aliphatic heterocycles. The molecule has 1 aromatic rings. The fraction of sp³-hybridized carbons (Fsp3) is 0.727. The van der Waals surface area contributed by atoms with Crippen molar-refractivity contribution in [2.24, 2.45) is 0 Å². The summed E-state index contributed by atoms with van der Waals surface area (Å²) in [6, 6.07) is 0. The highest BCUT2D eigenvalue weighted by atomic mass is 32.2. The molecule has 4 heteroatoms. The van der Waals surface area contributed by atoms with Crippen molar-refractivity contribution < 1.29 is 0 Å². The molecule has 1 rings (SSSR count). The average molecular weight is 227 g/mol. The van der Waals surface area contributed by atoms with E-state index in [9.17, 15) is 0 Å². The van der Waals surface area contributed by atoms with Gasteiger partial charge < -0.3 is 5.32 Å². The van der Waals surface area contributed by atoms with Crippen LogP contribution >= 0.6 is 11.8 Å². The molecule has 0 bridgehead atoms. The maximum Gasteiger partial charge on any atom is 0.0534 e. The van der Waals surface area contributed by atoms with Crippen molar-refractivity contribution in [2.45, 2.75) is 32.9 Å². The van der Waals surface area contributed by atoms with Gasteiger partial charge in [-0.3, -0.25) is 4.68 Å². The van der Waals surface area contributed by atoms with E-state index in [0.717, 1.165) is 19.6 Å².